The smallest absolute Gasteiger partial charge is 0.0355 e. The van der Waals surface area contributed by atoms with Crippen LogP contribution in [0.5, 0.6) is 0 Å². The van der Waals surface area contributed by atoms with E-state index < -0.39 is 0 Å². The zero-order valence-corrected chi connectivity index (χ0v) is 28.5. The zero-order chi connectivity index (χ0) is 33.5. The van der Waals surface area contributed by atoms with E-state index in [1.165, 1.54) is 108 Å². The van der Waals surface area contributed by atoms with Crippen molar-refractivity contribution in [2.45, 2.75) is 0 Å². The van der Waals surface area contributed by atoms with Gasteiger partial charge in [-0.3, -0.25) is 0 Å². The van der Waals surface area contributed by atoms with Crippen molar-refractivity contribution in [1.82, 2.24) is 0 Å². The van der Waals surface area contributed by atoms with Crippen LogP contribution in [-0.4, -0.2) is 0 Å². The molecule has 0 N–H and O–H groups in total. The Hall–Kier alpha value is -6.28. The van der Waals surface area contributed by atoms with Crippen molar-refractivity contribution in [2.75, 3.05) is 0 Å². The molecular formula is C50H30S. The molecule has 0 saturated carbocycles. The van der Waals surface area contributed by atoms with Crippen LogP contribution in [0.4, 0.5) is 0 Å². The van der Waals surface area contributed by atoms with E-state index in [4.69, 9.17) is 0 Å². The van der Waals surface area contributed by atoms with E-state index in [0.29, 0.717) is 0 Å². The largest absolute Gasteiger partial charge is 0.135 e. The Kier molecular flexibility index (Phi) is 6.22. The highest BCUT2D eigenvalue weighted by Gasteiger charge is 2.16. The second-order valence-corrected chi connectivity index (χ2v) is 14.8. The zero-order valence-electron chi connectivity index (χ0n) is 27.7. The standard InChI is InChI=1S/C50H30S/c1-2-6-31(7-3-1)39-20-26-47-45(29-39)46-30-40(21-27-48(46)51-47)42-23-17-36-18-24-43-41(22-16-35-19-25-44(42)50(36)49(35)43)34-13-10-33(11-14-34)38-15-12-32-8-4-5-9-37(32)28-38/h1-30H. The molecule has 10 aromatic carbocycles. The fourth-order valence-corrected chi connectivity index (χ4v) is 9.34. The first-order valence-electron chi connectivity index (χ1n) is 17.6. The van der Waals surface area contributed by atoms with Gasteiger partial charge in [-0.15, -0.1) is 11.3 Å². The molecule has 0 fully saturated rings. The highest BCUT2D eigenvalue weighted by Crippen LogP contribution is 2.44. The van der Waals surface area contributed by atoms with E-state index in [0.717, 1.165) is 0 Å². The van der Waals surface area contributed by atoms with Gasteiger partial charge in [0.2, 0.25) is 0 Å². The summed E-state index contributed by atoms with van der Waals surface area (Å²) in [5, 5.41) is 13.1. The number of benzene rings is 10. The third-order valence-electron chi connectivity index (χ3n) is 10.8. The fourth-order valence-electron chi connectivity index (χ4n) is 8.27. The van der Waals surface area contributed by atoms with Gasteiger partial charge in [-0.2, -0.15) is 0 Å². The minimum absolute atomic E-state index is 1.23. The highest BCUT2D eigenvalue weighted by atomic mass is 32.1. The van der Waals surface area contributed by atoms with E-state index in [1.54, 1.807) is 0 Å². The van der Waals surface area contributed by atoms with Gasteiger partial charge in [0.25, 0.3) is 0 Å². The van der Waals surface area contributed by atoms with Crippen molar-refractivity contribution in [3.63, 3.8) is 0 Å². The highest BCUT2D eigenvalue weighted by molar-refractivity contribution is 7.25. The molecule has 1 aromatic heterocycles. The molecule has 0 bridgehead atoms. The summed E-state index contributed by atoms with van der Waals surface area (Å²) in [5.74, 6) is 0. The van der Waals surface area contributed by atoms with Crippen LogP contribution in [0.2, 0.25) is 0 Å². The number of hydrogen-bond donors (Lipinski definition) is 0. The Labute approximate surface area is 299 Å². The summed E-state index contributed by atoms with van der Waals surface area (Å²) in [4.78, 5) is 0. The summed E-state index contributed by atoms with van der Waals surface area (Å²) in [6.45, 7) is 0. The monoisotopic (exact) mass is 662 g/mol. The second-order valence-electron chi connectivity index (χ2n) is 13.7. The Morgan fingerprint density at radius 2 is 0.725 bits per heavy atom. The van der Waals surface area contributed by atoms with Crippen molar-refractivity contribution >= 4 is 74.6 Å². The average molecular weight is 663 g/mol. The third-order valence-corrected chi connectivity index (χ3v) is 12.0. The minimum atomic E-state index is 1.23. The van der Waals surface area contributed by atoms with Crippen LogP contribution in [0.3, 0.4) is 0 Å². The summed E-state index contributed by atoms with van der Waals surface area (Å²) in [7, 11) is 0. The van der Waals surface area contributed by atoms with E-state index in [2.05, 4.69) is 182 Å². The lowest BCUT2D eigenvalue weighted by molar-refractivity contribution is 1.62. The summed E-state index contributed by atoms with van der Waals surface area (Å²) in [5.41, 5.74) is 10.0. The van der Waals surface area contributed by atoms with Gasteiger partial charge < -0.3 is 0 Å². The minimum Gasteiger partial charge on any atom is -0.135 e. The Morgan fingerprint density at radius 1 is 0.255 bits per heavy atom. The lowest BCUT2D eigenvalue weighted by atomic mass is 9.87. The summed E-state index contributed by atoms with van der Waals surface area (Å²) in [6, 6.07) is 67.5. The molecule has 0 radical (unpaired) electrons. The van der Waals surface area contributed by atoms with Gasteiger partial charge in [0.15, 0.2) is 0 Å². The number of fused-ring (bicyclic) bond motifs is 4. The van der Waals surface area contributed by atoms with Gasteiger partial charge in [-0.1, -0.05) is 152 Å². The van der Waals surface area contributed by atoms with Crippen LogP contribution in [0.25, 0.3) is 108 Å². The maximum absolute atomic E-state index is 2.41. The summed E-state index contributed by atoms with van der Waals surface area (Å²) in [6.07, 6.45) is 0. The number of rotatable bonds is 4. The van der Waals surface area contributed by atoms with Gasteiger partial charge >= 0.3 is 0 Å². The summed E-state index contributed by atoms with van der Waals surface area (Å²) >= 11 is 1.88. The van der Waals surface area contributed by atoms with Gasteiger partial charge in [0.1, 0.15) is 0 Å². The molecule has 1 heteroatoms. The lowest BCUT2D eigenvalue weighted by Crippen LogP contribution is -1.89. The van der Waals surface area contributed by atoms with Crippen LogP contribution in [0.15, 0.2) is 182 Å². The fraction of sp³-hybridized carbons (Fsp3) is 0. The molecule has 0 atom stereocenters. The molecule has 0 saturated heterocycles. The number of thiophene rings is 1. The molecule has 11 rings (SSSR count). The van der Waals surface area contributed by atoms with Gasteiger partial charge in [0, 0.05) is 20.2 Å². The van der Waals surface area contributed by atoms with Crippen molar-refractivity contribution in [1.29, 1.82) is 0 Å². The molecule has 51 heavy (non-hydrogen) atoms. The first kappa shape index (κ1) is 28.5. The van der Waals surface area contributed by atoms with Gasteiger partial charge in [-0.05, 0) is 118 Å². The molecule has 0 aliphatic rings. The SMILES string of the molecule is c1ccc(-c2ccc3sc4ccc(-c5ccc6ccc7c(-c8ccc(-c9ccc%10ccccc%10c9)cc8)ccc8ccc5c6c87)cc4c3c2)cc1. The molecule has 0 amide bonds. The maximum atomic E-state index is 2.41. The molecule has 0 spiro atoms. The van der Waals surface area contributed by atoms with E-state index in [1.807, 2.05) is 11.3 Å². The Morgan fingerprint density at radius 3 is 1.43 bits per heavy atom. The molecule has 236 valence electrons. The molecular weight excluding hydrogens is 633 g/mol. The van der Waals surface area contributed by atoms with E-state index >= 15 is 0 Å². The predicted octanol–water partition coefficient (Wildman–Crippen LogP) is 14.8. The third kappa shape index (κ3) is 4.52. The average Bonchev–Trinajstić information content (AvgIpc) is 3.57. The number of hydrogen-bond acceptors (Lipinski definition) is 1. The Balaban J connectivity index is 1.04. The van der Waals surface area contributed by atoms with Gasteiger partial charge in [0.05, 0.1) is 0 Å². The van der Waals surface area contributed by atoms with Crippen molar-refractivity contribution in [2.24, 2.45) is 0 Å². The van der Waals surface area contributed by atoms with Crippen molar-refractivity contribution in [3.8, 4) is 44.5 Å². The van der Waals surface area contributed by atoms with Crippen molar-refractivity contribution in [3.05, 3.63) is 182 Å². The lowest BCUT2D eigenvalue weighted by Gasteiger charge is -2.17. The van der Waals surface area contributed by atoms with Crippen LogP contribution in [0.1, 0.15) is 0 Å². The molecule has 0 nitrogen and oxygen atoms in total. The van der Waals surface area contributed by atoms with Crippen molar-refractivity contribution < 1.29 is 0 Å². The topological polar surface area (TPSA) is 0 Å². The Bertz CT molecular complexity index is 3110. The normalized spacial score (nSPS) is 11.9. The van der Waals surface area contributed by atoms with Crippen LogP contribution in [-0.2, 0) is 0 Å². The quantitative estimate of drug-likeness (QED) is 0.165. The van der Waals surface area contributed by atoms with E-state index in [-0.39, 0.29) is 0 Å². The summed E-state index contributed by atoms with van der Waals surface area (Å²) < 4.78 is 2.66. The first-order chi connectivity index (χ1) is 25.2. The van der Waals surface area contributed by atoms with Crippen LogP contribution in [0, 0.1) is 0 Å². The maximum Gasteiger partial charge on any atom is 0.0355 e. The first-order valence-corrected chi connectivity index (χ1v) is 18.4. The van der Waals surface area contributed by atoms with Crippen LogP contribution < -0.4 is 0 Å². The van der Waals surface area contributed by atoms with Crippen LogP contribution >= 0.6 is 11.3 Å². The molecule has 1 heterocycles. The predicted molar refractivity (Wildman–Crippen MR) is 222 cm³/mol. The van der Waals surface area contributed by atoms with Gasteiger partial charge in [-0.25, -0.2) is 0 Å². The molecule has 0 aliphatic heterocycles. The molecule has 0 unspecified atom stereocenters. The second kappa shape index (κ2) is 11.1. The molecule has 0 aliphatic carbocycles. The molecule has 11 aromatic rings. The van der Waals surface area contributed by atoms with E-state index in [9.17, 15) is 0 Å².